The molecule has 1 heterocycles. The molecule has 0 aromatic heterocycles. The number of esters is 2. The molecular weight excluding hydrogens is 350 g/mol. The lowest BCUT2D eigenvalue weighted by molar-refractivity contribution is -0.386. The topological polar surface area (TPSA) is 134 Å². The third-order valence-corrected chi connectivity index (χ3v) is 3.74. The molecule has 1 fully saturated rings. The molecule has 0 bridgehead atoms. The number of benzene rings is 1. The van der Waals surface area contributed by atoms with Crippen molar-refractivity contribution in [3.8, 4) is 5.75 Å². The fraction of sp³-hybridized carbons (Fsp3) is 0.500. The second kappa shape index (κ2) is 8.59. The number of aliphatic hydroxyl groups is 1. The van der Waals surface area contributed by atoms with Crippen molar-refractivity contribution in [2.45, 2.75) is 44.9 Å². The molecule has 1 unspecified atom stereocenters. The Morgan fingerprint density at radius 1 is 1.38 bits per heavy atom. The average Bonchev–Trinajstić information content (AvgIpc) is 2.60. The molecule has 0 aliphatic carbocycles. The Bertz CT molecular complexity index is 690. The second-order valence-electron chi connectivity index (χ2n) is 5.60. The van der Waals surface area contributed by atoms with Crippen molar-refractivity contribution < 1.29 is 38.6 Å². The van der Waals surface area contributed by atoms with Crippen LogP contribution in [-0.4, -0.2) is 47.6 Å². The van der Waals surface area contributed by atoms with Crippen LogP contribution in [0.15, 0.2) is 18.2 Å². The summed E-state index contributed by atoms with van der Waals surface area (Å²) in [5, 5.41) is 20.2. The summed E-state index contributed by atoms with van der Waals surface area (Å²) in [5.74, 6) is -1.04. The number of nitrogens with zero attached hydrogens (tertiary/aromatic N) is 1. The monoisotopic (exact) mass is 369 g/mol. The summed E-state index contributed by atoms with van der Waals surface area (Å²) in [6.45, 7) is 0.755. The molecule has 1 aromatic carbocycles. The van der Waals surface area contributed by atoms with E-state index in [0.29, 0.717) is 0 Å². The van der Waals surface area contributed by atoms with E-state index in [4.69, 9.17) is 19.3 Å². The normalized spacial score (nSPS) is 22.3. The van der Waals surface area contributed by atoms with Crippen LogP contribution in [0.3, 0.4) is 0 Å². The van der Waals surface area contributed by atoms with E-state index in [0.717, 1.165) is 6.07 Å². The van der Waals surface area contributed by atoms with Gasteiger partial charge >= 0.3 is 11.9 Å². The molecule has 142 valence electrons. The smallest absolute Gasteiger partial charge is 0.335 e. The third kappa shape index (κ3) is 4.90. The van der Waals surface area contributed by atoms with Crippen molar-refractivity contribution in [2.75, 3.05) is 7.11 Å². The van der Waals surface area contributed by atoms with Crippen LogP contribution < -0.4 is 4.74 Å². The molecule has 1 saturated heterocycles. The van der Waals surface area contributed by atoms with Crippen molar-refractivity contribution in [3.05, 3.63) is 33.9 Å². The maximum atomic E-state index is 11.8. The highest BCUT2D eigenvalue weighted by Crippen LogP contribution is 2.29. The first-order chi connectivity index (χ1) is 12.3. The van der Waals surface area contributed by atoms with Gasteiger partial charge in [-0.25, -0.2) is 4.79 Å². The number of nitro groups is 1. The number of rotatable bonds is 6. The highest BCUT2D eigenvalue weighted by Gasteiger charge is 2.37. The van der Waals surface area contributed by atoms with Gasteiger partial charge in [0.15, 0.2) is 6.10 Å². The number of aliphatic hydroxyl groups excluding tert-OH is 1. The first-order valence-corrected chi connectivity index (χ1v) is 7.79. The van der Waals surface area contributed by atoms with E-state index >= 15 is 0 Å². The van der Waals surface area contributed by atoms with Gasteiger partial charge in [0.1, 0.15) is 11.9 Å². The Morgan fingerprint density at radius 2 is 2.12 bits per heavy atom. The lowest BCUT2D eigenvalue weighted by atomic mass is 10.0. The van der Waals surface area contributed by atoms with Gasteiger partial charge in [-0.05, 0) is 12.1 Å². The molecule has 0 saturated carbocycles. The zero-order valence-corrected chi connectivity index (χ0v) is 14.2. The molecule has 0 spiro atoms. The van der Waals surface area contributed by atoms with Crippen LogP contribution in [0.25, 0.3) is 0 Å². The summed E-state index contributed by atoms with van der Waals surface area (Å²) in [5.41, 5.74) is -0.168. The highest BCUT2D eigenvalue weighted by atomic mass is 16.7. The van der Waals surface area contributed by atoms with E-state index in [-0.39, 0.29) is 29.8 Å². The molecule has 10 heteroatoms. The summed E-state index contributed by atoms with van der Waals surface area (Å²) in [7, 11) is 1.20. The summed E-state index contributed by atoms with van der Waals surface area (Å²) < 4.78 is 20.9. The van der Waals surface area contributed by atoms with Gasteiger partial charge in [0, 0.05) is 19.8 Å². The summed E-state index contributed by atoms with van der Waals surface area (Å²) in [6, 6.07) is 3.94. The van der Waals surface area contributed by atoms with Crippen LogP contribution in [-0.2, 0) is 30.4 Å². The van der Waals surface area contributed by atoms with E-state index < -0.39 is 42.0 Å². The van der Waals surface area contributed by atoms with Gasteiger partial charge in [0.25, 0.3) is 5.69 Å². The molecular formula is C16H19NO9. The van der Waals surface area contributed by atoms with Crippen LogP contribution in [0.5, 0.6) is 5.75 Å². The predicted molar refractivity (Wildman–Crippen MR) is 85.1 cm³/mol. The van der Waals surface area contributed by atoms with Crippen molar-refractivity contribution in [2.24, 2.45) is 0 Å². The van der Waals surface area contributed by atoms with Gasteiger partial charge in [-0.3, -0.25) is 14.9 Å². The van der Waals surface area contributed by atoms with Crippen molar-refractivity contribution in [1.29, 1.82) is 0 Å². The van der Waals surface area contributed by atoms with E-state index in [1.54, 1.807) is 0 Å². The lowest BCUT2D eigenvalue weighted by Gasteiger charge is -2.33. The fourth-order valence-corrected chi connectivity index (χ4v) is 2.61. The molecule has 1 N–H and O–H groups in total. The van der Waals surface area contributed by atoms with E-state index in [2.05, 4.69) is 4.74 Å². The Morgan fingerprint density at radius 3 is 2.69 bits per heavy atom. The number of methoxy groups -OCH3 is 1. The van der Waals surface area contributed by atoms with Gasteiger partial charge in [0.05, 0.1) is 30.3 Å². The van der Waals surface area contributed by atoms with Gasteiger partial charge in [-0.1, -0.05) is 0 Å². The minimum absolute atomic E-state index is 0.117. The summed E-state index contributed by atoms with van der Waals surface area (Å²) in [6.07, 6.45) is -2.33. The Hall–Kier alpha value is -2.72. The van der Waals surface area contributed by atoms with Gasteiger partial charge < -0.3 is 24.1 Å². The predicted octanol–water partition coefficient (Wildman–Crippen LogP) is 1.08. The first kappa shape index (κ1) is 19.6. The second-order valence-corrected chi connectivity index (χ2v) is 5.60. The summed E-state index contributed by atoms with van der Waals surface area (Å²) >= 11 is 0. The van der Waals surface area contributed by atoms with Crippen LogP contribution in [0.4, 0.5) is 5.69 Å². The lowest BCUT2D eigenvalue weighted by Crippen LogP contribution is -2.44. The van der Waals surface area contributed by atoms with Crippen molar-refractivity contribution >= 4 is 17.6 Å². The zero-order chi connectivity index (χ0) is 19.3. The largest absolute Gasteiger partial charge is 0.467 e. The minimum Gasteiger partial charge on any atom is -0.467 e. The fourth-order valence-electron chi connectivity index (χ4n) is 2.61. The minimum atomic E-state index is -0.991. The van der Waals surface area contributed by atoms with Gasteiger partial charge in [0.2, 0.25) is 6.29 Å². The molecule has 10 nitrogen and oxygen atoms in total. The third-order valence-electron chi connectivity index (χ3n) is 3.74. The van der Waals surface area contributed by atoms with E-state index in [1.807, 2.05) is 0 Å². The number of carbonyl (C=O) groups is 2. The maximum Gasteiger partial charge on any atom is 0.335 e. The quantitative estimate of drug-likeness (QED) is 0.444. The first-order valence-electron chi connectivity index (χ1n) is 7.79. The van der Waals surface area contributed by atoms with Crippen LogP contribution in [0.2, 0.25) is 0 Å². The summed E-state index contributed by atoms with van der Waals surface area (Å²) in [4.78, 5) is 33.4. The van der Waals surface area contributed by atoms with Crippen LogP contribution in [0, 0.1) is 10.1 Å². The highest BCUT2D eigenvalue weighted by molar-refractivity contribution is 5.74. The standard InChI is InChI=1S/C16H19NO9/c1-9(19)24-12-6-14(16(20)23-2)26-15(7-12)25-11-4-3-10(8-18)13(5-11)17(21)22/h3-5,12,14-15,18H,6-8H2,1-2H3/t12-,14-,15?/m0/s1. The number of ether oxygens (including phenoxy) is 4. The number of nitro benzene ring substituents is 1. The molecule has 1 aliphatic heterocycles. The van der Waals surface area contributed by atoms with Crippen LogP contribution >= 0.6 is 0 Å². The Balaban J connectivity index is 2.17. The molecule has 1 aromatic rings. The molecule has 0 radical (unpaired) electrons. The van der Waals surface area contributed by atoms with Gasteiger partial charge in [-0.15, -0.1) is 0 Å². The molecule has 0 amide bonds. The number of hydrogen-bond donors (Lipinski definition) is 1. The number of hydrogen-bond acceptors (Lipinski definition) is 9. The van der Waals surface area contributed by atoms with E-state index in [9.17, 15) is 19.7 Å². The average molecular weight is 369 g/mol. The van der Waals surface area contributed by atoms with Crippen molar-refractivity contribution in [1.82, 2.24) is 0 Å². The SMILES string of the molecule is COC(=O)[C@@H]1C[C@H](OC(C)=O)CC(Oc2ccc(CO)c([N+](=O)[O-])c2)O1. The van der Waals surface area contributed by atoms with Crippen molar-refractivity contribution in [3.63, 3.8) is 0 Å². The van der Waals surface area contributed by atoms with Crippen LogP contribution in [0.1, 0.15) is 25.3 Å². The maximum absolute atomic E-state index is 11.8. The Labute approximate surface area is 148 Å². The molecule has 2 rings (SSSR count). The molecule has 1 aliphatic rings. The number of carbonyl (C=O) groups excluding carboxylic acids is 2. The molecule has 26 heavy (non-hydrogen) atoms. The van der Waals surface area contributed by atoms with E-state index in [1.165, 1.54) is 26.2 Å². The Kier molecular flexibility index (Phi) is 6.47. The molecule has 3 atom stereocenters. The van der Waals surface area contributed by atoms with Gasteiger partial charge in [-0.2, -0.15) is 0 Å². The zero-order valence-electron chi connectivity index (χ0n) is 14.2.